The normalized spacial score (nSPS) is 10.4. The van der Waals surface area contributed by atoms with Gasteiger partial charge in [0, 0.05) is 31.2 Å². The van der Waals surface area contributed by atoms with Gasteiger partial charge in [0.1, 0.15) is 5.69 Å². The average Bonchev–Trinajstić information content (AvgIpc) is 3.08. The minimum absolute atomic E-state index is 0.153. The van der Waals surface area contributed by atoms with Crippen LogP contribution in [0.3, 0.4) is 0 Å². The van der Waals surface area contributed by atoms with Gasteiger partial charge in [0.2, 0.25) is 0 Å². The molecule has 3 aromatic rings. The maximum atomic E-state index is 11.9. The third-order valence-electron chi connectivity index (χ3n) is 2.91. The van der Waals surface area contributed by atoms with E-state index in [1.165, 1.54) is 12.1 Å². The smallest absolute Gasteiger partial charge is 0.271 e. The van der Waals surface area contributed by atoms with Gasteiger partial charge in [-0.1, -0.05) is 6.07 Å². The van der Waals surface area contributed by atoms with E-state index in [0.29, 0.717) is 12.4 Å². The van der Waals surface area contributed by atoms with E-state index in [1.54, 1.807) is 23.3 Å². The van der Waals surface area contributed by atoms with E-state index in [9.17, 15) is 9.59 Å². The summed E-state index contributed by atoms with van der Waals surface area (Å²) in [6, 6.07) is 8.10. The summed E-state index contributed by atoms with van der Waals surface area (Å²) in [6.07, 6.45) is 5.14. The molecule has 0 saturated carbocycles. The molecular formula is C14H12N6O2. The van der Waals surface area contributed by atoms with Crippen LogP contribution in [-0.2, 0) is 6.54 Å². The lowest BCUT2D eigenvalue weighted by atomic mass is 10.2. The van der Waals surface area contributed by atoms with Crippen molar-refractivity contribution in [1.82, 2.24) is 30.3 Å². The summed E-state index contributed by atoms with van der Waals surface area (Å²) in [4.78, 5) is 27.0. The summed E-state index contributed by atoms with van der Waals surface area (Å²) >= 11 is 0. The van der Waals surface area contributed by atoms with Gasteiger partial charge in [-0.2, -0.15) is 10.2 Å². The molecule has 0 saturated heterocycles. The highest BCUT2D eigenvalue weighted by molar-refractivity contribution is 5.91. The first-order valence-corrected chi connectivity index (χ1v) is 6.51. The highest BCUT2D eigenvalue weighted by Crippen LogP contribution is 2.04. The van der Waals surface area contributed by atoms with Gasteiger partial charge < -0.3 is 5.32 Å². The van der Waals surface area contributed by atoms with Crippen LogP contribution in [0.5, 0.6) is 0 Å². The Morgan fingerprint density at radius 1 is 1.27 bits per heavy atom. The van der Waals surface area contributed by atoms with Gasteiger partial charge in [-0.25, -0.2) is 14.8 Å². The number of pyridine rings is 1. The summed E-state index contributed by atoms with van der Waals surface area (Å²) in [5.74, 6) is 0.329. The van der Waals surface area contributed by atoms with Crippen LogP contribution < -0.4 is 10.9 Å². The monoisotopic (exact) mass is 296 g/mol. The lowest BCUT2D eigenvalue weighted by Gasteiger charge is -2.05. The first-order valence-electron chi connectivity index (χ1n) is 6.51. The fraction of sp³-hybridized carbons (Fsp3) is 0.0714. The fourth-order valence-corrected chi connectivity index (χ4v) is 1.80. The van der Waals surface area contributed by atoms with Crippen LogP contribution in [0.1, 0.15) is 16.1 Å². The Hall–Kier alpha value is -3.29. The molecule has 3 aromatic heterocycles. The van der Waals surface area contributed by atoms with Crippen molar-refractivity contribution in [1.29, 1.82) is 0 Å². The minimum Gasteiger partial charge on any atom is -0.347 e. The average molecular weight is 296 g/mol. The van der Waals surface area contributed by atoms with Gasteiger partial charge in [0.25, 0.3) is 11.5 Å². The van der Waals surface area contributed by atoms with E-state index in [4.69, 9.17) is 0 Å². The van der Waals surface area contributed by atoms with Crippen molar-refractivity contribution < 1.29 is 4.79 Å². The molecule has 8 heteroatoms. The zero-order valence-electron chi connectivity index (χ0n) is 11.4. The van der Waals surface area contributed by atoms with Gasteiger partial charge in [-0.3, -0.25) is 9.59 Å². The van der Waals surface area contributed by atoms with Crippen molar-refractivity contribution in [2.75, 3.05) is 0 Å². The molecule has 0 aliphatic carbocycles. The molecule has 3 rings (SSSR count). The third kappa shape index (κ3) is 3.06. The summed E-state index contributed by atoms with van der Waals surface area (Å²) in [5.41, 5.74) is 0.643. The minimum atomic E-state index is -0.368. The number of rotatable bonds is 4. The largest absolute Gasteiger partial charge is 0.347 e. The molecule has 1 amide bonds. The number of carbonyl (C=O) groups is 1. The van der Waals surface area contributed by atoms with E-state index in [0.717, 1.165) is 5.56 Å². The van der Waals surface area contributed by atoms with Gasteiger partial charge in [0.15, 0.2) is 5.82 Å². The van der Waals surface area contributed by atoms with Gasteiger partial charge in [-0.15, -0.1) is 0 Å². The SMILES string of the molecule is O=C(NCc1ccc(-n2cccn2)nc1)c1ccc(=O)[nH]n1. The van der Waals surface area contributed by atoms with Crippen LogP contribution in [0.15, 0.2) is 53.7 Å². The van der Waals surface area contributed by atoms with Crippen LogP contribution in [0.4, 0.5) is 0 Å². The highest BCUT2D eigenvalue weighted by atomic mass is 16.2. The van der Waals surface area contributed by atoms with E-state index >= 15 is 0 Å². The first kappa shape index (κ1) is 13.7. The molecule has 2 N–H and O–H groups in total. The molecule has 0 fully saturated rings. The molecule has 0 unspecified atom stereocenters. The lowest BCUT2D eigenvalue weighted by molar-refractivity contribution is 0.0945. The molecule has 8 nitrogen and oxygen atoms in total. The quantitative estimate of drug-likeness (QED) is 0.719. The van der Waals surface area contributed by atoms with Gasteiger partial charge in [0.05, 0.1) is 0 Å². The summed E-state index contributed by atoms with van der Waals surface area (Å²) in [6.45, 7) is 0.312. The maximum Gasteiger partial charge on any atom is 0.271 e. The molecule has 0 radical (unpaired) electrons. The standard InChI is InChI=1S/C14H12N6O2/c21-13-5-3-11(18-19-13)14(22)16-9-10-2-4-12(15-8-10)20-7-1-6-17-20/h1-8H,9H2,(H,16,22)(H,19,21). The number of H-pyrrole nitrogens is 1. The van der Waals surface area contributed by atoms with Gasteiger partial charge in [-0.05, 0) is 23.8 Å². The van der Waals surface area contributed by atoms with Crippen LogP contribution in [0.25, 0.3) is 5.82 Å². The second kappa shape index (κ2) is 6.00. The van der Waals surface area contributed by atoms with Crippen LogP contribution in [0.2, 0.25) is 0 Å². The second-order valence-electron chi connectivity index (χ2n) is 4.46. The topological polar surface area (TPSA) is 106 Å². The summed E-state index contributed by atoms with van der Waals surface area (Å²) in [5, 5.41) is 12.7. The Balaban J connectivity index is 1.63. The molecule has 0 spiro atoms. The lowest BCUT2D eigenvalue weighted by Crippen LogP contribution is -2.25. The van der Waals surface area contributed by atoms with E-state index in [1.807, 2.05) is 18.2 Å². The fourth-order valence-electron chi connectivity index (χ4n) is 1.80. The molecule has 0 aliphatic heterocycles. The van der Waals surface area contributed by atoms with E-state index in [2.05, 4.69) is 25.6 Å². The number of aromatic amines is 1. The van der Waals surface area contributed by atoms with E-state index in [-0.39, 0.29) is 17.2 Å². The number of aromatic nitrogens is 5. The van der Waals surface area contributed by atoms with Crippen LogP contribution in [-0.4, -0.2) is 30.9 Å². The Morgan fingerprint density at radius 2 is 2.18 bits per heavy atom. The van der Waals surface area contributed by atoms with Crippen molar-refractivity contribution in [2.45, 2.75) is 6.54 Å². The zero-order chi connectivity index (χ0) is 15.4. The van der Waals surface area contributed by atoms with Crippen molar-refractivity contribution >= 4 is 5.91 Å². The molecule has 0 bridgehead atoms. The summed E-state index contributed by atoms with van der Waals surface area (Å²) < 4.78 is 1.65. The highest BCUT2D eigenvalue weighted by Gasteiger charge is 2.07. The predicted octanol–water partition coefficient (Wildman–Crippen LogP) is 0.281. The van der Waals surface area contributed by atoms with Crippen molar-refractivity contribution in [2.24, 2.45) is 0 Å². The molecule has 0 aliphatic rings. The summed E-state index contributed by atoms with van der Waals surface area (Å²) in [7, 11) is 0. The number of amides is 1. The Morgan fingerprint density at radius 3 is 2.82 bits per heavy atom. The second-order valence-corrected chi connectivity index (χ2v) is 4.46. The number of nitrogens with zero attached hydrogens (tertiary/aromatic N) is 4. The Bertz CT molecular complexity index is 803. The number of hydrogen-bond acceptors (Lipinski definition) is 5. The molecule has 0 aromatic carbocycles. The van der Waals surface area contributed by atoms with E-state index < -0.39 is 0 Å². The van der Waals surface area contributed by atoms with Crippen molar-refractivity contribution in [3.8, 4) is 5.82 Å². The molecule has 22 heavy (non-hydrogen) atoms. The first-order chi connectivity index (χ1) is 10.7. The predicted molar refractivity (Wildman–Crippen MR) is 77.4 cm³/mol. The number of carbonyl (C=O) groups excluding carboxylic acids is 1. The van der Waals surface area contributed by atoms with Gasteiger partial charge >= 0.3 is 0 Å². The Labute approximate surface area is 124 Å². The number of hydrogen-bond donors (Lipinski definition) is 2. The molecular weight excluding hydrogens is 284 g/mol. The zero-order valence-corrected chi connectivity index (χ0v) is 11.4. The Kier molecular flexibility index (Phi) is 3.73. The molecule has 3 heterocycles. The van der Waals surface area contributed by atoms with Crippen molar-refractivity contribution in [3.05, 3.63) is 70.5 Å². The third-order valence-corrected chi connectivity index (χ3v) is 2.91. The van der Waals surface area contributed by atoms with Crippen LogP contribution in [0, 0.1) is 0 Å². The molecule has 110 valence electrons. The van der Waals surface area contributed by atoms with Crippen molar-refractivity contribution in [3.63, 3.8) is 0 Å². The maximum absolute atomic E-state index is 11.9. The number of nitrogens with one attached hydrogen (secondary N) is 2. The molecule has 0 atom stereocenters. The van der Waals surface area contributed by atoms with Crippen LogP contribution >= 0.6 is 0 Å².